The first kappa shape index (κ1) is 14.0. The number of aliphatic carboxylic acids is 1. The van der Waals surface area contributed by atoms with Crippen molar-refractivity contribution >= 4 is 12.1 Å². The summed E-state index contributed by atoms with van der Waals surface area (Å²) in [7, 11) is 1.42. The third-order valence-corrected chi connectivity index (χ3v) is 2.28. The summed E-state index contributed by atoms with van der Waals surface area (Å²) < 4.78 is 18.1. The molecule has 0 aliphatic heterocycles. The van der Waals surface area contributed by atoms with E-state index in [1.54, 1.807) is 12.1 Å². The van der Waals surface area contributed by atoms with Crippen molar-refractivity contribution < 1.29 is 23.8 Å². The van der Waals surface area contributed by atoms with E-state index in [-0.39, 0.29) is 25.1 Å². The van der Waals surface area contributed by atoms with Gasteiger partial charge in [0.05, 0.1) is 6.42 Å². The molecule has 0 saturated heterocycles. The molecule has 1 rings (SSSR count). The lowest BCUT2D eigenvalue weighted by molar-refractivity contribution is -0.137. The van der Waals surface area contributed by atoms with E-state index in [1.165, 1.54) is 19.2 Å². The van der Waals surface area contributed by atoms with Gasteiger partial charge >= 0.3 is 12.1 Å². The summed E-state index contributed by atoms with van der Waals surface area (Å²) in [4.78, 5) is 22.9. The van der Waals surface area contributed by atoms with Crippen molar-refractivity contribution in [2.24, 2.45) is 0 Å². The highest BCUT2D eigenvalue weighted by Crippen LogP contribution is 2.08. The molecule has 0 heterocycles. The van der Waals surface area contributed by atoms with Crippen LogP contribution in [0.5, 0.6) is 0 Å². The summed E-state index contributed by atoms with van der Waals surface area (Å²) in [6, 6.07) is 5.97. The van der Waals surface area contributed by atoms with Gasteiger partial charge in [-0.1, -0.05) is 18.2 Å². The average molecular weight is 255 g/mol. The molecule has 0 unspecified atom stereocenters. The molecule has 0 bridgehead atoms. The smallest absolute Gasteiger partial charge is 0.409 e. The molecule has 18 heavy (non-hydrogen) atoms. The molecule has 1 amide bonds. The Labute approximate surface area is 104 Å². The SMILES string of the molecule is CN(CCC(=O)O)C(=O)OCc1ccccc1F. The number of carbonyl (C=O) groups is 2. The fourth-order valence-electron chi connectivity index (χ4n) is 1.22. The second-order valence-corrected chi connectivity index (χ2v) is 3.71. The molecule has 0 atom stereocenters. The summed E-state index contributed by atoms with van der Waals surface area (Å²) in [5.74, 6) is -1.44. The van der Waals surface area contributed by atoms with Crippen molar-refractivity contribution in [2.75, 3.05) is 13.6 Å². The Hall–Kier alpha value is -2.11. The maximum atomic E-state index is 13.2. The fourth-order valence-corrected chi connectivity index (χ4v) is 1.22. The number of rotatable bonds is 5. The minimum absolute atomic E-state index is 0.0471. The van der Waals surface area contributed by atoms with Crippen LogP contribution < -0.4 is 0 Å². The molecule has 0 saturated carbocycles. The van der Waals surface area contributed by atoms with Gasteiger partial charge in [-0.25, -0.2) is 9.18 Å². The molecule has 0 aromatic heterocycles. The summed E-state index contributed by atoms with van der Waals surface area (Å²) in [5.41, 5.74) is 0.275. The maximum Gasteiger partial charge on any atom is 0.409 e. The fraction of sp³-hybridized carbons (Fsp3) is 0.333. The lowest BCUT2D eigenvalue weighted by atomic mass is 10.2. The first-order valence-electron chi connectivity index (χ1n) is 5.34. The van der Waals surface area contributed by atoms with Gasteiger partial charge in [-0.15, -0.1) is 0 Å². The number of benzene rings is 1. The van der Waals surface area contributed by atoms with Crippen LogP contribution in [-0.4, -0.2) is 35.7 Å². The molecule has 98 valence electrons. The number of carboxylic acids is 1. The van der Waals surface area contributed by atoms with E-state index >= 15 is 0 Å². The zero-order chi connectivity index (χ0) is 13.5. The third kappa shape index (κ3) is 4.40. The van der Waals surface area contributed by atoms with Crippen molar-refractivity contribution in [1.29, 1.82) is 0 Å². The predicted octanol–water partition coefficient (Wildman–Crippen LogP) is 1.87. The zero-order valence-electron chi connectivity index (χ0n) is 9.93. The van der Waals surface area contributed by atoms with Gasteiger partial charge in [0.25, 0.3) is 0 Å². The van der Waals surface area contributed by atoms with E-state index < -0.39 is 17.9 Å². The number of hydrogen-bond acceptors (Lipinski definition) is 3. The van der Waals surface area contributed by atoms with Gasteiger partial charge in [-0.2, -0.15) is 0 Å². The van der Waals surface area contributed by atoms with Crippen LogP contribution in [0.1, 0.15) is 12.0 Å². The standard InChI is InChI=1S/C12H14FNO4/c1-14(7-6-11(15)16)12(17)18-8-9-4-2-3-5-10(9)13/h2-5H,6-8H2,1H3,(H,15,16). The molecule has 0 spiro atoms. The van der Waals surface area contributed by atoms with Gasteiger partial charge in [-0.3, -0.25) is 4.79 Å². The quantitative estimate of drug-likeness (QED) is 0.872. The number of nitrogens with zero attached hydrogens (tertiary/aromatic N) is 1. The number of carbonyl (C=O) groups excluding carboxylic acids is 1. The molecule has 6 heteroatoms. The topological polar surface area (TPSA) is 66.8 Å². The van der Waals surface area contributed by atoms with E-state index in [2.05, 4.69) is 0 Å². The maximum absolute atomic E-state index is 13.2. The normalized spacial score (nSPS) is 9.89. The van der Waals surface area contributed by atoms with E-state index in [0.717, 1.165) is 4.90 Å². The number of ether oxygens (including phenoxy) is 1. The second-order valence-electron chi connectivity index (χ2n) is 3.71. The Morgan fingerprint density at radius 2 is 2.06 bits per heavy atom. The Morgan fingerprint density at radius 3 is 2.67 bits per heavy atom. The second kappa shape index (κ2) is 6.58. The number of halogens is 1. The zero-order valence-corrected chi connectivity index (χ0v) is 9.93. The molecule has 0 radical (unpaired) electrons. The molecule has 0 aliphatic carbocycles. The highest BCUT2D eigenvalue weighted by Gasteiger charge is 2.12. The van der Waals surface area contributed by atoms with Crippen LogP contribution in [0.15, 0.2) is 24.3 Å². The molecule has 1 aromatic rings. The Morgan fingerprint density at radius 1 is 1.39 bits per heavy atom. The van der Waals surface area contributed by atoms with Crippen molar-refractivity contribution in [2.45, 2.75) is 13.0 Å². The van der Waals surface area contributed by atoms with Crippen LogP contribution in [0.25, 0.3) is 0 Å². The first-order valence-corrected chi connectivity index (χ1v) is 5.34. The monoisotopic (exact) mass is 255 g/mol. The van der Waals surface area contributed by atoms with Gasteiger partial charge in [0, 0.05) is 19.2 Å². The number of amides is 1. The summed E-state index contributed by atoms with van der Waals surface area (Å²) in [5, 5.41) is 8.46. The summed E-state index contributed by atoms with van der Waals surface area (Å²) in [6.07, 6.45) is -0.842. The minimum Gasteiger partial charge on any atom is -0.481 e. The van der Waals surface area contributed by atoms with E-state index in [1.807, 2.05) is 0 Å². The largest absolute Gasteiger partial charge is 0.481 e. The Bertz CT molecular complexity index is 436. The van der Waals surface area contributed by atoms with E-state index in [9.17, 15) is 14.0 Å². The number of carboxylic acid groups (broad SMARTS) is 1. The Kier molecular flexibility index (Phi) is 5.10. The van der Waals surface area contributed by atoms with Crippen molar-refractivity contribution in [3.63, 3.8) is 0 Å². The van der Waals surface area contributed by atoms with Crippen molar-refractivity contribution in [1.82, 2.24) is 4.90 Å². The minimum atomic E-state index is -0.997. The van der Waals surface area contributed by atoms with Crippen molar-refractivity contribution in [3.8, 4) is 0 Å². The lowest BCUT2D eigenvalue weighted by Crippen LogP contribution is -2.29. The van der Waals surface area contributed by atoms with E-state index in [4.69, 9.17) is 9.84 Å². The molecule has 5 nitrogen and oxygen atoms in total. The molecule has 1 N–H and O–H groups in total. The molecule has 0 fully saturated rings. The van der Waals surface area contributed by atoms with Gasteiger partial charge in [-0.05, 0) is 6.07 Å². The van der Waals surface area contributed by atoms with Crippen molar-refractivity contribution in [3.05, 3.63) is 35.6 Å². The van der Waals surface area contributed by atoms with E-state index in [0.29, 0.717) is 0 Å². The van der Waals surface area contributed by atoms with Crippen LogP contribution in [0.4, 0.5) is 9.18 Å². The van der Waals surface area contributed by atoms with Crippen LogP contribution in [0.2, 0.25) is 0 Å². The van der Waals surface area contributed by atoms with Crippen LogP contribution in [0, 0.1) is 5.82 Å². The Balaban J connectivity index is 2.41. The van der Waals surface area contributed by atoms with Gasteiger partial charge in [0.1, 0.15) is 12.4 Å². The summed E-state index contributed by atoms with van der Waals surface area (Å²) >= 11 is 0. The van der Waals surface area contributed by atoms with Gasteiger partial charge in [0.15, 0.2) is 0 Å². The van der Waals surface area contributed by atoms with Gasteiger partial charge in [0.2, 0.25) is 0 Å². The third-order valence-electron chi connectivity index (χ3n) is 2.28. The molecular formula is C12H14FNO4. The molecule has 1 aromatic carbocycles. The molecule has 0 aliphatic rings. The highest BCUT2D eigenvalue weighted by atomic mass is 19.1. The highest BCUT2D eigenvalue weighted by molar-refractivity contribution is 5.70. The van der Waals surface area contributed by atoms with Crippen LogP contribution in [0.3, 0.4) is 0 Å². The van der Waals surface area contributed by atoms with Crippen LogP contribution in [-0.2, 0) is 16.1 Å². The van der Waals surface area contributed by atoms with Gasteiger partial charge < -0.3 is 14.7 Å². The predicted molar refractivity (Wildman–Crippen MR) is 61.5 cm³/mol. The average Bonchev–Trinajstić information content (AvgIpc) is 2.34. The molecular weight excluding hydrogens is 241 g/mol. The summed E-state index contributed by atoms with van der Waals surface area (Å²) in [6.45, 7) is -0.131. The van der Waals surface area contributed by atoms with Crippen LogP contribution >= 0.6 is 0 Å². The first-order chi connectivity index (χ1) is 8.50. The lowest BCUT2D eigenvalue weighted by Gasteiger charge is -2.15. The number of hydrogen-bond donors (Lipinski definition) is 1.